The Balaban J connectivity index is 1.95. The molecule has 0 saturated carbocycles. The molecule has 3 unspecified atom stereocenters. The molecule has 0 aromatic carbocycles. The fraction of sp³-hybridized carbons (Fsp3) is 0.923. The highest BCUT2D eigenvalue weighted by Gasteiger charge is 2.32. The molecule has 1 amide bonds. The largest absolute Gasteiger partial charge is 0.378 e. The average Bonchev–Trinajstić information content (AvgIpc) is 2.41. The van der Waals surface area contributed by atoms with Gasteiger partial charge in [0.15, 0.2) is 0 Å². The Hall–Kier alpha value is -0.650. The number of nitrogens with one attached hydrogen (secondary N) is 1. The van der Waals surface area contributed by atoms with Gasteiger partial charge in [-0.15, -0.1) is 0 Å². The Morgan fingerprint density at radius 2 is 2.00 bits per heavy atom. The molecule has 0 aromatic rings. The van der Waals surface area contributed by atoms with E-state index in [1.54, 1.807) is 0 Å². The number of hydrogen-bond acceptors (Lipinski definition) is 4. The zero-order valence-corrected chi connectivity index (χ0v) is 11.7. The van der Waals surface area contributed by atoms with Crippen LogP contribution in [0.3, 0.4) is 0 Å². The molecule has 5 heteroatoms. The maximum Gasteiger partial charge on any atom is 0.239 e. The van der Waals surface area contributed by atoms with Crippen molar-refractivity contribution in [3.05, 3.63) is 0 Å². The van der Waals surface area contributed by atoms with Crippen LogP contribution < -0.4 is 5.32 Å². The van der Waals surface area contributed by atoms with E-state index in [0.29, 0.717) is 25.3 Å². The summed E-state index contributed by atoms with van der Waals surface area (Å²) in [6, 6.07) is 0.852. The normalized spacial score (nSPS) is 32.3. The van der Waals surface area contributed by atoms with Crippen LogP contribution in [0.1, 0.15) is 20.8 Å². The molecule has 104 valence electrons. The highest BCUT2D eigenvalue weighted by molar-refractivity contribution is 5.81. The highest BCUT2D eigenvalue weighted by atomic mass is 16.5. The number of nitrogens with zero attached hydrogens (tertiary/aromatic N) is 2. The molecule has 18 heavy (non-hydrogen) atoms. The summed E-state index contributed by atoms with van der Waals surface area (Å²) in [4.78, 5) is 16.7. The predicted octanol–water partition coefficient (Wildman–Crippen LogP) is -0.0841. The lowest BCUT2D eigenvalue weighted by Crippen LogP contribution is -2.61. The Morgan fingerprint density at radius 3 is 2.67 bits per heavy atom. The number of amides is 1. The van der Waals surface area contributed by atoms with Crippen molar-refractivity contribution in [2.45, 2.75) is 38.9 Å². The lowest BCUT2D eigenvalue weighted by molar-refractivity contribution is -0.141. The summed E-state index contributed by atoms with van der Waals surface area (Å²) in [5.41, 5.74) is 0. The minimum Gasteiger partial charge on any atom is -0.378 e. The highest BCUT2D eigenvalue weighted by Crippen LogP contribution is 2.14. The summed E-state index contributed by atoms with van der Waals surface area (Å²) >= 11 is 0. The minimum absolute atomic E-state index is 0.0253. The number of piperazine rings is 1. The van der Waals surface area contributed by atoms with E-state index < -0.39 is 0 Å². The van der Waals surface area contributed by atoms with Crippen molar-refractivity contribution < 1.29 is 9.53 Å². The third-order valence-electron chi connectivity index (χ3n) is 3.99. The van der Waals surface area contributed by atoms with Crippen molar-refractivity contribution in [1.82, 2.24) is 15.1 Å². The van der Waals surface area contributed by atoms with Gasteiger partial charge in [0.25, 0.3) is 0 Å². The quantitative estimate of drug-likeness (QED) is 0.749. The van der Waals surface area contributed by atoms with Gasteiger partial charge in [0.2, 0.25) is 5.91 Å². The van der Waals surface area contributed by atoms with Crippen LogP contribution in [0.2, 0.25) is 0 Å². The van der Waals surface area contributed by atoms with Gasteiger partial charge >= 0.3 is 0 Å². The zero-order chi connectivity index (χ0) is 13.1. The van der Waals surface area contributed by atoms with E-state index in [-0.39, 0.29) is 11.9 Å². The number of ether oxygens (including phenoxy) is 1. The molecule has 2 aliphatic rings. The van der Waals surface area contributed by atoms with E-state index in [2.05, 4.69) is 24.1 Å². The SMILES string of the molecule is CC1CN(C(C)C(=O)N2CCOCC2)C(C)CN1. The van der Waals surface area contributed by atoms with Crippen molar-refractivity contribution in [3.63, 3.8) is 0 Å². The molecule has 2 aliphatic heterocycles. The second kappa shape index (κ2) is 5.99. The second-order valence-electron chi connectivity index (χ2n) is 5.47. The third-order valence-corrected chi connectivity index (χ3v) is 3.99. The summed E-state index contributed by atoms with van der Waals surface area (Å²) in [7, 11) is 0. The predicted molar refractivity (Wildman–Crippen MR) is 70.5 cm³/mol. The molecule has 2 saturated heterocycles. The summed E-state index contributed by atoms with van der Waals surface area (Å²) in [5.74, 6) is 0.249. The molecular weight excluding hydrogens is 230 g/mol. The molecule has 0 spiro atoms. The van der Waals surface area contributed by atoms with Crippen LogP contribution in [0.4, 0.5) is 0 Å². The van der Waals surface area contributed by atoms with E-state index in [0.717, 1.165) is 26.2 Å². The molecule has 5 nitrogen and oxygen atoms in total. The summed E-state index contributed by atoms with van der Waals surface area (Å²) < 4.78 is 5.30. The van der Waals surface area contributed by atoms with Gasteiger partial charge in [-0.3, -0.25) is 9.69 Å². The summed E-state index contributed by atoms with van der Waals surface area (Å²) in [5, 5.41) is 3.45. The van der Waals surface area contributed by atoms with Gasteiger partial charge in [-0.1, -0.05) is 0 Å². The Labute approximate surface area is 109 Å². The van der Waals surface area contributed by atoms with E-state index in [1.807, 2.05) is 11.8 Å². The van der Waals surface area contributed by atoms with Crippen LogP contribution in [0.25, 0.3) is 0 Å². The molecule has 0 aromatic heterocycles. The molecule has 2 rings (SSSR count). The second-order valence-corrected chi connectivity index (χ2v) is 5.47. The zero-order valence-electron chi connectivity index (χ0n) is 11.7. The van der Waals surface area contributed by atoms with E-state index >= 15 is 0 Å². The maximum absolute atomic E-state index is 12.5. The lowest BCUT2D eigenvalue weighted by Gasteiger charge is -2.42. The van der Waals surface area contributed by atoms with Gasteiger partial charge in [0, 0.05) is 38.3 Å². The van der Waals surface area contributed by atoms with Gasteiger partial charge < -0.3 is 15.0 Å². The minimum atomic E-state index is -0.0253. The van der Waals surface area contributed by atoms with Crippen molar-refractivity contribution in [3.8, 4) is 0 Å². The molecular formula is C13H25N3O2. The fourth-order valence-electron chi connectivity index (χ4n) is 2.78. The standard InChI is InChI=1S/C13H25N3O2/c1-10-9-16(11(2)8-14-10)12(3)13(17)15-4-6-18-7-5-15/h10-12,14H,4-9H2,1-3H3. The summed E-state index contributed by atoms with van der Waals surface area (Å²) in [6.07, 6.45) is 0. The first-order chi connectivity index (χ1) is 8.59. The van der Waals surface area contributed by atoms with E-state index in [1.165, 1.54) is 0 Å². The van der Waals surface area contributed by atoms with Gasteiger partial charge in [0.1, 0.15) is 0 Å². The number of morpholine rings is 1. The fourth-order valence-corrected chi connectivity index (χ4v) is 2.78. The number of hydrogen-bond donors (Lipinski definition) is 1. The van der Waals surface area contributed by atoms with Crippen molar-refractivity contribution >= 4 is 5.91 Å². The molecule has 0 radical (unpaired) electrons. The molecule has 2 fully saturated rings. The number of carbonyl (C=O) groups excluding carboxylic acids is 1. The van der Waals surface area contributed by atoms with Gasteiger partial charge in [-0.2, -0.15) is 0 Å². The first-order valence-electron chi connectivity index (χ1n) is 6.95. The van der Waals surface area contributed by atoms with Gasteiger partial charge in [0.05, 0.1) is 19.3 Å². The van der Waals surface area contributed by atoms with Gasteiger partial charge in [-0.25, -0.2) is 0 Å². The Morgan fingerprint density at radius 1 is 1.33 bits per heavy atom. The monoisotopic (exact) mass is 255 g/mol. The van der Waals surface area contributed by atoms with E-state index in [4.69, 9.17) is 4.74 Å². The van der Waals surface area contributed by atoms with Crippen molar-refractivity contribution in [2.75, 3.05) is 39.4 Å². The Kier molecular flexibility index (Phi) is 4.59. The molecule has 1 N–H and O–H groups in total. The van der Waals surface area contributed by atoms with E-state index in [9.17, 15) is 4.79 Å². The van der Waals surface area contributed by atoms with Crippen LogP contribution in [0.5, 0.6) is 0 Å². The number of rotatable bonds is 2. The van der Waals surface area contributed by atoms with Crippen molar-refractivity contribution in [1.29, 1.82) is 0 Å². The molecule has 2 heterocycles. The van der Waals surface area contributed by atoms with Crippen LogP contribution in [0.15, 0.2) is 0 Å². The number of carbonyl (C=O) groups is 1. The van der Waals surface area contributed by atoms with Crippen LogP contribution >= 0.6 is 0 Å². The first kappa shape index (κ1) is 13.8. The smallest absolute Gasteiger partial charge is 0.239 e. The third kappa shape index (κ3) is 3.02. The molecule has 0 aliphatic carbocycles. The van der Waals surface area contributed by atoms with Crippen LogP contribution in [0, 0.1) is 0 Å². The average molecular weight is 255 g/mol. The molecule has 0 bridgehead atoms. The van der Waals surface area contributed by atoms with Crippen LogP contribution in [-0.4, -0.2) is 73.2 Å². The Bertz CT molecular complexity index is 292. The summed E-state index contributed by atoms with van der Waals surface area (Å²) in [6.45, 7) is 11.1. The van der Waals surface area contributed by atoms with Gasteiger partial charge in [-0.05, 0) is 20.8 Å². The first-order valence-corrected chi connectivity index (χ1v) is 6.95. The topological polar surface area (TPSA) is 44.8 Å². The molecule has 3 atom stereocenters. The lowest BCUT2D eigenvalue weighted by atomic mass is 10.1. The maximum atomic E-state index is 12.5. The van der Waals surface area contributed by atoms with Crippen LogP contribution in [-0.2, 0) is 9.53 Å². The van der Waals surface area contributed by atoms with Crippen molar-refractivity contribution in [2.24, 2.45) is 0 Å².